The summed E-state index contributed by atoms with van der Waals surface area (Å²) in [4.78, 5) is 3.84. The summed E-state index contributed by atoms with van der Waals surface area (Å²) in [6.07, 6.45) is 0. The van der Waals surface area contributed by atoms with Crippen molar-refractivity contribution in [1.29, 1.82) is 5.26 Å². The number of hydrogen-bond acceptors (Lipinski definition) is 1. The van der Waals surface area contributed by atoms with Gasteiger partial charge >= 0.3 is 0 Å². The minimum Gasteiger partial charge on any atom is -0.309 e. The first kappa shape index (κ1) is 30.7. The van der Waals surface area contributed by atoms with Crippen LogP contribution in [0.2, 0.25) is 0 Å². The highest BCUT2D eigenvalue weighted by Gasteiger charge is 2.21. The second-order valence-corrected chi connectivity index (χ2v) is 13.9. The first-order valence-corrected chi connectivity index (χ1v) is 18.3. The van der Waals surface area contributed by atoms with Gasteiger partial charge < -0.3 is 13.7 Å². The van der Waals surface area contributed by atoms with Crippen LogP contribution in [0.25, 0.3) is 98.5 Å². The number of fused-ring (bicyclic) bond motifs is 9. The molecule has 0 bridgehead atoms. The van der Waals surface area contributed by atoms with Gasteiger partial charge in [-0.1, -0.05) is 115 Å². The SMILES string of the molecule is [C-]#[N+]c1cccc2c1c1ccccc1n2-c1cccc(-c2ccc(-n3c4ccccc4c4c(-n5c6ccccc6c6ccccc65)cccc43)cc2)c1C#N. The van der Waals surface area contributed by atoms with Gasteiger partial charge in [-0.05, 0) is 71.6 Å². The molecule has 0 saturated heterocycles. The van der Waals surface area contributed by atoms with Crippen LogP contribution in [0, 0.1) is 17.9 Å². The van der Waals surface area contributed by atoms with Gasteiger partial charge in [-0.3, -0.25) is 0 Å². The van der Waals surface area contributed by atoms with E-state index in [1.54, 1.807) is 0 Å². The molecular weight excluding hydrogens is 671 g/mol. The van der Waals surface area contributed by atoms with E-state index in [2.05, 4.69) is 152 Å². The van der Waals surface area contributed by atoms with Gasteiger partial charge in [-0.2, -0.15) is 5.26 Å². The van der Waals surface area contributed by atoms with Gasteiger partial charge in [0.1, 0.15) is 6.07 Å². The number of aromatic nitrogens is 3. The summed E-state index contributed by atoms with van der Waals surface area (Å²) in [6.45, 7) is 7.86. The molecule has 0 N–H and O–H groups in total. The molecule has 0 spiro atoms. The summed E-state index contributed by atoms with van der Waals surface area (Å²) in [7, 11) is 0. The van der Waals surface area contributed by atoms with Crippen LogP contribution in [0.4, 0.5) is 5.69 Å². The molecular formula is C50H29N5. The predicted octanol–water partition coefficient (Wildman–Crippen LogP) is 13.1. The van der Waals surface area contributed by atoms with Crippen molar-refractivity contribution in [1.82, 2.24) is 13.7 Å². The molecule has 0 saturated carbocycles. The fourth-order valence-electron chi connectivity index (χ4n) is 8.87. The lowest BCUT2D eigenvalue weighted by atomic mass is 9.98. The Kier molecular flexibility index (Phi) is 6.61. The minimum atomic E-state index is 0.582. The standard InChI is InChI=1S/C50H29N5/c1-52-40-18-11-24-46-49(40)37-15-4-9-22-44(37)55(46)45-23-10-17-34(39(45)31-51)32-27-29-33(30-28-32)53-43-21-8-5-16-38(43)50-47(53)25-12-26-48(50)54-41-19-6-2-13-35(41)36-14-3-7-20-42(36)54/h2-30H. The Morgan fingerprint density at radius 2 is 0.891 bits per heavy atom. The average Bonchev–Trinajstić information content (AvgIpc) is 3.89. The molecule has 0 aliphatic heterocycles. The second-order valence-electron chi connectivity index (χ2n) is 13.9. The largest absolute Gasteiger partial charge is 0.309 e. The molecule has 254 valence electrons. The van der Waals surface area contributed by atoms with Crippen molar-refractivity contribution >= 4 is 71.1 Å². The van der Waals surface area contributed by atoms with Gasteiger partial charge in [0.05, 0.1) is 51.1 Å². The zero-order chi connectivity index (χ0) is 36.6. The molecule has 0 amide bonds. The normalized spacial score (nSPS) is 11.6. The summed E-state index contributed by atoms with van der Waals surface area (Å²) in [5.74, 6) is 0. The molecule has 5 nitrogen and oxygen atoms in total. The van der Waals surface area contributed by atoms with Crippen LogP contribution in [-0.4, -0.2) is 13.7 Å². The highest BCUT2D eigenvalue weighted by molar-refractivity contribution is 6.17. The first-order valence-electron chi connectivity index (χ1n) is 18.3. The van der Waals surface area contributed by atoms with Gasteiger partial charge in [-0.15, -0.1) is 0 Å². The average molecular weight is 700 g/mol. The Labute approximate surface area is 316 Å². The maximum atomic E-state index is 10.8. The molecule has 0 radical (unpaired) electrons. The number of benzene rings is 8. The maximum Gasteiger partial charge on any atom is 0.197 e. The summed E-state index contributed by atoms with van der Waals surface area (Å²) in [6, 6.07) is 63.6. The molecule has 0 aliphatic carbocycles. The Morgan fingerprint density at radius 3 is 1.53 bits per heavy atom. The van der Waals surface area contributed by atoms with Gasteiger partial charge in [0.25, 0.3) is 0 Å². The number of rotatable bonds is 4. The van der Waals surface area contributed by atoms with Gasteiger partial charge in [-0.25, -0.2) is 4.85 Å². The van der Waals surface area contributed by atoms with Crippen molar-refractivity contribution in [3.8, 4) is 34.3 Å². The predicted molar refractivity (Wildman–Crippen MR) is 226 cm³/mol. The van der Waals surface area contributed by atoms with Crippen LogP contribution in [0.15, 0.2) is 176 Å². The summed E-state index contributed by atoms with van der Waals surface area (Å²) >= 11 is 0. The van der Waals surface area contributed by atoms with E-state index in [9.17, 15) is 5.26 Å². The zero-order valence-corrected chi connectivity index (χ0v) is 29.5. The van der Waals surface area contributed by atoms with Gasteiger partial charge in [0, 0.05) is 43.7 Å². The monoisotopic (exact) mass is 699 g/mol. The fraction of sp³-hybridized carbons (Fsp3) is 0. The summed E-state index contributed by atoms with van der Waals surface area (Å²) < 4.78 is 6.88. The van der Waals surface area contributed by atoms with E-state index in [0.717, 1.165) is 61.0 Å². The molecule has 11 rings (SSSR count). The van der Waals surface area contributed by atoms with Crippen molar-refractivity contribution < 1.29 is 0 Å². The molecule has 0 aliphatic rings. The molecule has 11 aromatic rings. The van der Waals surface area contributed by atoms with Crippen molar-refractivity contribution in [2.75, 3.05) is 0 Å². The van der Waals surface area contributed by atoms with E-state index in [1.807, 2.05) is 48.5 Å². The van der Waals surface area contributed by atoms with E-state index in [4.69, 9.17) is 6.57 Å². The molecule has 0 atom stereocenters. The minimum absolute atomic E-state index is 0.582. The van der Waals surface area contributed by atoms with Crippen LogP contribution >= 0.6 is 0 Å². The molecule has 3 heterocycles. The Balaban J connectivity index is 1.09. The quantitative estimate of drug-likeness (QED) is 0.169. The summed E-state index contributed by atoms with van der Waals surface area (Å²) in [5, 5.41) is 17.5. The lowest BCUT2D eigenvalue weighted by Gasteiger charge is -2.14. The fourth-order valence-corrected chi connectivity index (χ4v) is 8.87. The highest BCUT2D eigenvalue weighted by Crippen LogP contribution is 2.42. The lowest BCUT2D eigenvalue weighted by Crippen LogP contribution is -2.00. The third-order valence-corrected chi connectivity index (χ3v) is 11.1. The number of para-hydroxylation sites is 4. The van der Waals surface area contributed by atoms with Gasteiger partial charge in [0.2, 0.25) is 0 Å². The van der Waals surface area contributed by atoms with Crippen LogP contribution < -0.4 is 0 Å². The van der Waals surface area contributed by atoms with Crippen LogP contribution in [-0.2, 0) is 0 Å². The van der Waals surface area contributed by atoms with E-state index in [0.29, 0.717) is 11.3 Å². The number of nitriles is 1. The first-order chi connectivity index (χ1) is 27.2. The van der Waals surface area contributed by atoms with Crippen LogP contribution in [0.3, 0.4) is 0 Å². The highest BCUT2D eigenvalue weighted by atomic mass is 15.0. The van der Waals surface area contributed by atoms with Crippen LogP contribution in [0.1, 0.15) is 5.56 Å². The van der Waals surface area contributed by atoms with Crippen LogP contribution in [0.5, 0.6) is 0 Å². The molecule has 8 aromatic carbocycles. The molecule has 55 heavy (non-hydrogen) atoms. The molecule has 0 fully saturated rings. The van der Waals surface area contributed by atoms with E-state index < -0.39 is 0 Å². The maximum absolute atomic E-state index is 10.8. The van der Waals surface area contributed by atoms with Crippen molar-refractivity contribution in [2.45, 2.75) is 0 Å². The van der Waals surface area contributed by atoms with Gasteiger partial charge in [0.15, 0.2) is 5.69 Å². The van der Waals surface area contributed by atoms with E-state index in [-0.39, 0.29) is 0 Å². The van der Waals surface area contributed by atoms with Crippen molar-refractivity contribution in [2.24, 2.45) is 0 Å². The molecule has 0 unspecified atom stereocenters. The Hall–Kier alpha value is -7.86. The second kappa shape index (κ2) is 11.8. The zero-order valence-electron chi connectivity index (χ0n) is 29.5. The molecule has 5 heteroatoms. The smallest absolute Gasteiger partial charge is 0.197 e. The number of nitrogens with zero attached hydrogens (tertiary/aromatic N) is 5. The number of hydrogen-bond donors (Lipinski definition) is 0. The topological polar surface area (TPSA) is 42.9 Å². The van der Waals surface area contributed by atoms with Crippen molar-refractivity contribution in [3.05, 3.63) is 193 Å². The van der Waals surface area contributed by atoms with E-state index >= 15 is 0 Å². The summed E-state index contributed by atoms with van der Waals surface area (Å²) in [5.41, 5.74) is 12.5. The third-order valence-electron chi connectivity index (χ3n) is 11.1. The lowest BCUT2D eigenvalue weighted by molar-refractivity contribution is 1.16. The third kappa shape index (κ3) is 4.33. The molecule has 3 aromatic heterocycles. The van der Waals surface area contributed by atoms with Crippen molar-refractivity contribution in [3.63, 3.8) is 0 Å². The Morgan fingerprint density at radius 1 is 0.418 bits per heavy atom. The van der Waals surface area contributed by atoms with E-state index in [1.165, 1.54) is 32.6 Å². The Bertz CT molecular complexity index is 3400.